The molecule has 1 N–H and O–H groups in total. The topological polar surface area (TPSA) is 93.3 Å². The lowest BCUT2D eigenvalue weighted by Gasteiger charge is -2.38. The van der Waals surface area contributed by atoms with Crippen molar-refractivity contribution in [2.45, 2.75) is 45.3 Å². The third-order valence-electron chi connectivity index (χ3n) is 5.16. The average Bonchev–Trinajstić information content (AvgIpc) is 3.18. The van der Waals surface area contributed by atoms with Crippen LogP contribution in [0.4, 0.5) is 5.69 Å². The third kappa shape index (κ3) is 4.59. The van der Waals surface area contributed by atoms with Gasteiger partial charge in [-0.05, 0) is 32.4 Å². The molecule has 156 valence electrons. The molecule has 0 bridgehead atoms. The lowest BCUT2D eigenvalue weighted by Crippen LogP contribution is -2.44. The van der Waals surface area contributed by atoms with Crippen molar-refractivity contribution >= 4 is 23.2 Å². The van der Waals surface area contributed by atoms with Gasteiger partial charge in [-0.25, -0.2) is 0 Å². The predicted molar refractivity (Wildman–Crippen MR) is 110 cm³/mol. The van der Waals surface area contributed by atoms with Gasteiger partial charge >= 0.3 is 0 Å². The predicted octanol–water partition coefficient (Wildman–Crippen LogP) is 3.46. The maximum Gasteiger partial charge on any atom is 0.288 e. The second-order valence-electron chi connectivity index (χ2n) is 8.46. The molecule has 1 saturated heterocycles. The molecule has 2 atom stereocenters. The largest absolute Gasteiger partial charge is 0.330 e. The van der Waals surface area contributed by atoms with Gasteiger partial charge in [-0.3, -0.25) is 19.6 Å². The number of nitro groups is 1. The van der Waals surface area contributed by atoms with E-state index in [-0.39, 0.29) is 34.1 Å². The van der Waals surface area contributed by atoms with Crippen LogP contribution < -0.4 is 5.32 Å². The van der Waals surface area contributed by atoms with E-state index in [2.05, 4.69) is 10.4 Å². The fourth-order valence-corrected chi connectivity index (χ4v) is 4.19. The second-order valence-corrected chi connectivity index (χ2v) is 8.87. The summed E-state index contributed by atoms with van der Waals surface area (Å²) in [6.45, 7) is 7.18. The fraction of sp³-hybridized carbons (Fsp3) is 0.500. The molecular weight excluding hydrogens is 394 g/mol. The molecule has 1 aromatic heterocycles. The molecule has 0 unspecified atom stereocenters. The highest BCUT2D eigenvalue weighted by atomic mass is 35.5. The summed E-state index contributed by atoms with van der Waals surface area (Å²) in [5.41, 5.74) is 1.38. The number of benzene rings is 1. The van der Waals surface area contributed by atoms with Crippen molar-refractivity contribution in [2.75, 3.05) is 6.54 Å². The van der Waals surface area contributed by atoms with Gasteiger partial charge < -0.3 is 10.2 Å². The SMILES string of the molecule is Cn1cc([C@H]2[C@H](CNCc3ccc(Cl)c([N+](=O)[O-])c3)CC(=O)N2C(C)(C)C)cn1. The van der Waals surface area contributed by atoms with E-state index in [9.17, 15) is 14.9 Å². The Morgan fingerprint density at radius 1 is 1.38 bits per heavy atom. The number of nitro benzene ring substituents is 1. The summed E-state index contributed by atoms with van der Waals surface area (Å²) in [5, 5.41) is 18.8. The zero-order valence-corrected chi connectivity index (χ0v) is 17.8. The lowest BCUT2D eigenvalue weighted by atomic mass is 9.93. The van der Waals surface area contributed by atoms with Crippen LogP contribution in [0.15, 0.2) is 30.6 Å². The molecule has 0 saturated carbocycles. The Hall–Kier alpha value is -2.45. The Morgan fingerprint density at radius 2 is 2.10 bits per heavy atom. The van der Waals surface area contributed by atoms with Crippen molar-refractivity contribution < 1.29 is 9.72 Å². The van der Waals surface area contributed by atoms with Crippen LogP contribution in [0.2, 0.25) is 5.02 Å². The van der Waals surface area contributed by atoms with Gasteiger partial charge in [0.2, 0.25) is 5.91 Å². The number of aromatic nitrogens is 2. The highest BCUT2D eigenvalue weighted by Crippen LogP contribution is 2.42. The lowest BCUT2D eigenvalue weighted by molar-refractivity contribution is -0.384. The van der Waals surface area contributed by atoms with Gasteiger partial charge in [0.1, 0.15) is 5.02 Å². The number of halogens is 1. The molecule has 0 spiro atoms. The van der Waals surface area contributed by atoms with Gasteiger partial charge in [-0.2, -0.15) is 5.10 Å². The zero-order valence-electron chi connectivity index (χ0n) is 17.1. The molecule has 9 heteroatoms. The number of likely N-dealkylation sites (tertiary alicyclic amines) is 1. The van der Waals surface area contributed by atoms with Crippen molar-refractivity contribution in [3.05, 3.63) is 56.9 Å². The highest BCUT2D eigenvalue weighted by Gasteiger charge is 2.45. The number of nitrogens with zero attached hydrogens (tertiary/aromatic N) is 4. The maximum atomic E-state index is 12.8. The molecule has 2 heterocycles. The number of amides is 1. The minimum absolute atomic E-state index is 0.0664. The zero-order chi connectivity index (χ0) is 21.3. The van der Waals surface area contributed by atoms with Crippen LogP contribution in [-0.2, 0) is 18.4 Å². The number of aryl methyl sites for hydroxylation is 1. The van der Waals surface area contributed by atoms with Crippen LogP contribution in [0.5, 0.6) is 0 Å². The van der Waals surface area contributed by atoms with Crippen LogP contribution in [0.25, 0.3) is 0 Å². The Labute approximate surface area is 175 Å². The first-order chi connectivity index (χ1) is 13.6. The molecule has 8 nitrogen and oxygen atoms in total. The van der Waals surface area contributed by atoms with E-state index in [1.807, 2.05) is 45.1 Å². The minimum atomic E-state index is -0.485. The van der Waals surface area contributed by atoms with Crippen molar-refractivity contribution in [3.63, 3.8) is 0 Å². The molecule has 1 aliphatic rings. The van der Waals surface area contributed by atoms with Crippen molar-refractivity contribution in [1.82, 2.24) is 20.0 Å². The number of nitrogens with one attached hydrogen (secondary N) is 1. The minimum Gasteiger partial charge on any atom is -0.330 e. The first-order valence-corrected chi connectivity index (χ1v) is 9.90. The van der Waals surface area contributed by atoms with Crippen molar-refractivity contribution in [3.8, 4) is 0 Å². The van der Waals surface area contributed by atoms with E-state index >= 15 is 0 Å². The molecule has 1 aliphatic heterocycles. The van der Waals surface area contributed by atoms with Crippen LogP contribution in [-0.4, -0.2) is 37.6 Å². The smallest absolute Gasteiger partial charge is 0.288 e. The fourth-order valence-electron chi connectivity index (χ4n) is 4.00. The summed E-state index contributed by atoms with van der Waals surface area (Å²) >= 11 is 5.88. The van der Waals surface area contributed by atoms with Crippen molar-refractivity contribution in [1.29, 1.82) is 0 Å². The van der Waals surface area contributed by atoms with E-state index in [4.69, 9.17) is 11.6 Å². The van der Waals surface area contributed by atoms with Gasteiger partial charge in [0.25, 0.3) is 5.69 Å². The molecule has 29 heavy (non-hydrogen) atoms. The molecular formula is C20H26ClN5O3. The van der Waals surface area contributed by atoms with Gasteiger partial charge in [0, 0.05) is 55.8 Å². The second kappa shape index (κ2) is 8.12. The molecule has 0 radical (unpaired) electrons. The average molecular weight is 420 g/mol. The molecule has 1 aromatic carbocycles. The van der Waals surface area contributed by atoms with E-state index in [0.29, 0.717) is 19.5 Å². The number of carbonyl (C=O) groups is 1. The summed E-state index contributed by atoms with van der Waals surface area (Å²) in [7, 11) is 1.86. The molecule has 1 fully saturated rings. The number of rotatable bonds is 6. The van der Waals surface area contributed by atoms with Gasteiger partial charge in [0.15, 0.2) is 0 Å². The molecule has 0 aliphatic carbocycles. The Morgan fingerprint density at radius 3 is 2.69 bits per heavy atom. The van der Waals surface area contributed by atoms with E-state index in [1.54, 1.807) is 10.7 Å². The summed E-state index contributed by atoms with van der Waals surface area (Å²) < 4.78 is 1.75. The van der Waals surface area contributed by atoms with Gasteiger partial charge in [-0.15, -0.1) is 0 Å². The Balaban J connectivity index is 1.75. The molecule has 3 rings (SSSR count). The number of hydrogen-bond donors (Lipinski definition) is 1. The summed E-state index contributed by atoms with van der Waals surface area (Å²) in [4.78, 5) is 25.3. The Bertz CT molecular complexity index is 921. The molecule has 1 amide bonds. The monoisotopic (exact) mass is 419 g/mol. The normalized spacial score (nSPS) is 19.8. The summed E-state index contributed by atoms with van der Waals surface area (Å²) in [5.74, 6) is 0.202. The van der Waals surface area contributed by atoms with Crippen LogP contribution in [0.3, 0.4) is 0 Å². The number of hydrogen-bond acceptors (Lipinski definition) is 5. The van der Waals surface area contributed by atoms with E-state index in [0.717, 1.165) is 11.1 Å². The third-order valence-corrected chi connectivity index (χ3v) is 5.48. The maximum absolute atomic E-state index is 12.8. The first kappa shape index (κ1) is 21.3. The highest BCUT2D eigenvalue weighted by molar-refractivity contribution is 6.32. The van der Waals surface area contributed by atoms with Gasteiger partial charge in [-0.1, -0.05) is 17.7 Å². The van der Waals surface area contributed by atoms with Crippen molar-refractivity contribution in [2.24, 2.45) is 13.0 Å². The van der Waals surface area contributed by atoms with E-state index in [1.165, 1.54) is 12.1 Å². The summed E-state index contributed by atoms with van der Waals surface area (Å²) in [6.07, 6.45) is 4.22. The van der Waals surface area contributed by atoms with Gasteiger partial charge in [0.05, 0.1) is 17.2 Å². The van der Waals surface area contributed by atoms with Crippen LogP contribution in [0.1, 0.15) is 44.4 Å². The number of carbonyl (C=O) groups excluding carboxylic acids is 1. The van der Waals surface area contributed by atoms with Crippen LogP contribution >= 0.6 is 11.6 Å². The first-order valence-electron chi connectivity index (χ1n) is 9.52. The van der Waals surface area contributed by atoms with E-state index < -0.39 is 4.92 Å². The Kier molecular flexibility index (Phi) is 5.95. The quantitative estimate of drug-likeness (QED) is 0.571. The summed E-state index contributed by atoms with van der Waals surface area (Å²) in [6, 6.07) is 4.72. The standard InChI is InChI=1S/C20H26ClN5O3/c1-20(2,3)25-18(27)8-14(19(25)15-11-23-24(4)12-15)10-22-9-13-5-6-16(21)17(7-13)26(28)29/h5-7,11-12,14,19,22H,8-10H2,1-4H3/t14-,19+/m0/s1. The molecule has 2 aromatic rings. The van der Waals surface area contributed by atoms with Crippen LogP contribution in [0, 0.1) is 16.0 Å².